The zero-order valence-corrected chi connectivity index (χ0v) is 15.6. The number of likely N-dealkylation sites (tertiary alicyclic amines) is 1. The minimum absolute atomic E-state index is 0.238. The number of carbonyl (C=O) groups is 1. The van der Waals surface area contributed by atoms with E-state index in [-0.39, 0.29) is 11.8 Å². The summed E-state index contributed by atoms with van der Waals surface area (Å²) in [5.41, 5.74) is 0. The van der Waals surface area contributed by atoms with E-state index in [1.54, 1.807) is 0 Å². The van der Waals surface area contributed by atoms with Crippen molar-refractivity contribution >= 4 is 5.91 Å². The summed E-state index contributed by atoms with van der Waals surface area (Å²) in [5, 5.41) is 8.13. The van der Waals surface area contributed by atoms with E-state index in [4.69, 9.17) is 4.42 Å². The molecule has 2 heterocycles. The Kier molecular flexibility index (Phi) is 4.83. The van der Waals surface area contributed by atoms with Crippen LogP contribution in [0.2, 0.25) is 0 Å². The predicted molar refractivity (Wildman–Crippen MR) is 95.0 cm³/mol. The molecule has 4 atom stereocenters. The van der Waals surface area contributed by atoms with E-state index in [2.05, 4.69) is 15.1 Å². The maximum Gasteiger partial charge on any atom is 0.223 e. The van der Waals surface area contributed by atoms with Crippen molar-refractivity contribution in [1.29, 1.82) is 0 Å². The summed E-state index contributed by atoms with van der Waals surface area (Å²) >= 11 is 0. The molecule has 1 aliphatic heterocycles. The van der Waals surface area contributed by atoms with Crippen LogP contribution in [0.1, 0.15) is 82.9 Å². The Morgan fingerprint density at radius 3 is 2.80 bits per heavy atom. The Morgan fingerprint density at radius 2 is 2.12 bits per heavy atom. The van der Waals surface area contributed by atoms with Crippen LogP contribution in [0.15, 0.2) is 4.42 Å². The Morgan fingerprint density at radius 1 is 1.24 bits per heavy atom. The summed E-state index contributed by atoms with van der Waals surface area (Å²) < 4.78 is 5.63. The van der Waals surface area contributed by atoms with Crippen molar-refractivity contribution in [3.05, 3.63) is 11.8 Å². The smallest absolute Gasteiger partial charge is 0.223 e. The van der Waals surface area contributed by atoms with E-state index >= 15 is 0 Å². The molecular formula is C20H31N3O2. The summed E-state index contributed by atoms with van der Waals surface area (Å²) in [6.07, 6.45) is 10.4. The summed E-state index contributed by atoms with van der Waals surface area (Å²) in [6, 6.07) is 0.478. The molecule has 1 amide bonds. The summed E-state index contributed by atoms with van der Waals surface area (Å²) in [7, 11) is 0. The molecule has 3 fully saturated rings. The number of fused-ring (bicyclic) bond motifs is 2. The van der Waals surface area contributed by atoms with Crippen molar-refractivity contribution in [2.45, 2.75) is 83.6 Å². The summed E-state index contributed by atoms with van der Waals surface area (Å²) in [5.74, 6) is 4.60. The predicted octanol–water partition coefficient (Wildman–Crippen LogP) is 3.94. The first-order chi connectivity index (χ1) is 12.1. The van der Waals surface area contributed by atoms with Crippen molar-refractivity contribution in [2.75, 3.05) is 6.54 Å². The highest BCUT2D eigenvalue weighted by Crippen LogP contribution is 2.50. The lowest BCUT2D eigenvalue weighted by Gasteiger charge is -2.30. The average molecular weight is 345 g/mol. The molecule has 0 spiro atoms. The first-order valence-electron chi connectivity index (χ1n) is 10.2. The SMILES string of the molecule is CC(C)c1nnc(CCC(=O)N2CCC[C@@H]2C[C@@H]2C[C@H]3CC[C@H]2C3)o1. The van der Waals surface area contributed by atoms with E-state index < -0.39 is 0 Å². The molecule has 0 radical (unpaired) electrons. The van der Waals surface area contributed by atoms with Crippen molar-refractivity contribution in [3.8, 4) is 0 Å². The zero-order valence-electron chi connectivity index (χ0n) is 15.6. The standard InChI is InChI=1S/C20H31N3O2/c1-13(2)20-22-21-18(25-20)7-8-19(24)23-9-3-4-17(23)12-16-11-14-5-6-15(16)10-14/h13-17H,3-12H2,1-2H3/t14-,15-,16-,17+/m0/s1. The Hall–Kier alpha value is -1.39. The minimum atomic E-state index is 0.238. The molecule has 5 heteroatoms. The number of aryl methyl sites for hydroxylation is 1. The highest BCUT2D eigenvalue weighted by atomic mass is 16.4. The van der Waals surface area contributed by atoms with Gasteiger partial charge in [-0.05, 0) is 56.3 Å². The van der Waals surface area contributed by atoms with Gasteiger partial charge in [0.05, 0.1) is 0 Å². The number of rotatable bonds is 6. The van der Waals surface area contributed by atoms with Crippen molar-refractivity contribution < 1.29 is 9.21 Å². The van der Waals surface area contributed by atoms with E-state index in [1.165, 1.54) is 38.5 Å². The third kappa shape index (κ3) is 3.61. The first kappa shape index (κ1) is 17.0. The van der Waals surface area contributed by atoms with Crippen molar-refractivity contribution in [2.24, 2.45) is 17.8 Å². The molecule has 138 valence electrons. The molecule has 4 rings (SSSR count). The number of hydrogen-bond donors (Lipinski definition) is 0. The quantitative estimate of drug-likeness (QED) is 0.783. The topological polar surface area (TPSA) is 59.2 Å². The largest absolute Gasteiger partial charge is 0.425 e. The van der Waals surface area contributed by atoms with Gasteiger partial charge >= 0.3 is 0 Å². The molecule has 1 aromatic rings. The van der Waals surface area contributed by atoms with Crippen molar-refractivity contribution in [1.82, 2.24) is 15.1 Å². The van der Waals surface area contributed by atoms with Gasteiger partial charge in [0.1, 0.15) is 0 Å². The Labute approximate surface area is 150 Å². The van der Waals surface area contributed by atoms with Crippen LogP contribution in [0, 0.1) is 17.8 Å². The number of nitrogens with zero attached hydrogens (tertiary/aromatic N) is 3. The van der Waals surface area contributed by atoms with Crippen LogP contribution in [-0.4, -0.2) is 33.6 Å². The fraction of sp³-hybridized carbons (Fsp3) is 0.850. The lowest BCUT2D eigenvalue weighted by atomic mass is 9.83. The molecule has 0 unspecified atom stereocenters. The number of hydrogen-bond acceptors (Lipinski definition) is 4. The van der Waals surface area contributed by atoms with E-state index in [9.17, 15) is 4.79 Å². The Balaban J connectivity index is 1.29. The van der Waals surface area contributed by atoms with Crippen LogP contribution < -0.4 is 0 Å². The molecule has 2 saturated carbocycles. The first-order valence-corrected chi connectivity index (χ1v) is 10.2. The van der Waals surface area contributed by atoms with Gasteiger partial charge in [-0.2, -0.15) is 0 Å². The molecule has 0 aromatic carbocycles. The van der Waals surface area contributed by atoms with Gasteiger partial charge in [-0.25, -0.2) is 0 Å². The normalized spacial score (nSPS) is 31.4. The molecule has 5 nitrogen and oxygen atoms in total. The van der Waals surface area contributed by atoms with Crippen LogP contribution in [0.25, 0.3) is 0 Å². The van der Waals surface area contributed by atoms with Gasteiger partial charge in [-0.15, -0.1) is 10.2 Å². The third-order valence-corrected chi connectivity index (χ3v) is 6.69. The number of amides is 1. The molecule has 3 aliphatic rings. The highest BCUT2D eigenvalue weighted by Gasteiger charge is 2.42. The lowest BCUT2D eigenvalue weighted by Crippen LogP contribution is -2.37. The van der Waals surface area contributed by atoms with E-state index in [1.807, 2.05) is 13.8 Å². The van der Waals surface area contributed by atoms with E-state index in [0.29, 0.717) is 30.7 Å². The number of aromatic nitrogens is 2. The van der Waals surface area contributed by atoms with Crippen LogP contribution in [-0.2, 0) is 11.2 Å². The zero-order chi connectivity index (χ0) is 17.4. The molecule has 1 aromatic heterocycles. The molecule has 1 saturated heterocycles. The van der Waals surface area contributed by atoms with Crippen molar-refractivity contribution in [3.63, 3.8) is 0 Å². The molecular weight excluding hydrogens is 314 g/mol. The summed E-state index contributed by atoms with van der Waals surface area (Å²) in [6.45, 7) is 5.01. The second kappa shape index (κ2) is 7.08. The van der Waals surface area contributed by atoms with Gasteiger partial charge < -0.3 is 9.32 Å². The average Bonchev–Trinajstić information content (AvgIpc) is 3.36. The highest BCUT2D eigenvalue weighted by molar-refractivity contribution is 5.77. The fourth-order valence-electron chi connectivity index (χ4n) is 5.38. The van der Waals surface area contributed by atoms with Crippen LogP contribution >= 0.6 is 0 Å². The third-order valence-electron chi connectivity index (χ3n) is 6.69. The molecule has 0 N–H and O–H groups in total. The molecule has 2 aliphatic carbocycles. The fourth-order valence-corrected chi connectivity index (χ4v) is 5.38. The van der Waals surface area contributed by atoms with Crippen LogP contribution in [0.3, 0.4) is 0 Å². The van der Waals surface area contributed by atoms with Gasteiger partial charge in [0.2, 0.25) is 17.7 Å². The van der Waals surface area contributed by atoms with Gasteiger partial charge in [0, 0.05) is 31.3 Å². The van der Waals surface area contributed by atoms with Gasteiger partial charge in [-0.3, -0.25) is 4.79 Å². The lowest BCUT2D eigenvalue weighted by molar-refractivity contribution is -0.132. The second-order valence-corrected chi connectivity index (χ2v) is 8.74. The molecule has 25 heavy (non-hydrogen) atoms. The van der Waals surface area contributed by atoms with Crippen LogP contribution in [0.5, 0.6) is 0 Å². The Bertz CT molecular complexity index is 612. The number of carbonyl (C=O) groups excluding carboxylic acids is 1. The maximum atomic E-state index is 12.7. The maximum absolute atomic E-state index is 12.7. The minimum Gasteiger partial charge on any atom is -0.425 e. The second-order valence-electron chi connectivity index (χ2n) is 8.74. The van der Waals surface area contributed by atoms with Crippen LogP contribution in [0.4, 0.5) is 0 Å². The van der Waals surface area contributed by atoms with Gasteiger partial charge in [-0.1, -0.05) is 20.3 Å². The molecule has 2 bridgehead atoms. The monoisotopic (exact) mass is 345 g/mol. The van der Waals surface area contributed by atoms with Gasteiger partial charge in [0.25, 0.3) is 0 Å². The summed E-state index contributed by atoms with van der Waals surface area (Å²) in [4.78, 5) is 14.9. The van der Waals surface area contributed by atoms with Gasteiger partial charge in [0.15, 0.2) is 0 Å². The van der Waals surface area contributed by atoms with E-state index in [0.717, 1.165) is 30.7 Å².